The number of carbonyl (C=O) groups is 3. The molecular weight excluding hydrogens is 1120 g/mol. The van der Waals surface area contributed by atoms with E-state index >= 15 is 0 Å². The average Bonchev–Trinajstić information content (AvgIpc) is 2.90. The maximum Gasteiger partial charge on any atom is 0.355 e. The van der Waals surface area contributed by atoms with Crippen LogP contribution in [0.5, 0.6) is 0 Å². The van der Waals surface area contributed by atoms with E-state index in [0.29, 0.717) is 0 Å². The van der Waals surface area contributed by atoms with E-state index in [9.17, 15) is 173 Å². The SMILES string of the molecule is O=C(O)CN(CC(=O)O)C(C(=O)O)C(CN(CCN(C(P(=O)(O)O)P(=O)(O)O)C(P(=O)(O)O)P(=O)(O)O)C(P(=O)(O)O)P(=O)(O)O)N(C(P(=O)(O)O)P(=O)(O)O)C(P(=O)(O)O)P(=O)(O)O. The largest absolute Gasteiger partial charge is 0.480 e. The van der Waals surface area contributed by atoms with E-state index in [2.05, 4.69) is 0 Å². The number of nitrogens with zero attached hydrogens (tertiary/aromatic N) is 4. The second-order valence-corrected chi connectivity index (χ2v) is 31.6. The second-order valence-electron chi connectivity index (χ2n) is 12.8. The number of aliphatic carboxylic acids is 3. The highest BCUT2D eigenvalue weighted by molar-refractivity contribution is 7.73. The van der Waals surface area contributed by atoms with Crippen LogP contribution < -0.4 is 0 Å². The molecule has 0 aromatic carbocycles. The Morgan fingerprint density at radius 2 is 0.600 bits per heavy atom. The zero-order chi connectivity index (χ0) is 52.6. The smallest absolute Gasteiger partial charge is 0.355 e. The maximum atomic E-state index is 13.0. The van der Waals surface area contributed by atoms with Gasteiger partial charge in [-0.1, -0.05) is 0 Å². The number of carboxylic acid groups (broad SMARTS) is 3. The van der Waals surface area contributed by atoms with Crippen molar-refractivity contribution in [2.24, 2.45) is 0 Å². The lowest BCUT2D eigenvalue weighted by atomic mass is 10.0. The monoisotopic (exact) mass is 1160 g/mol. The summed E-state index contributed by atoms with van der Waals surface area (Å²) < 4.78 is 127. The van der Waals surface area contributed by atoms with E-state index in [1.54, 1.807) is 0 Å². The Morgan fingerprint density at radius 3 is 0.800 bits per heavy atom. The normalized spacial score (nSPS) is 16.0. The predicted molar refractivity (Wildman–Crippen MR) is 202 cm³/mol. The van der Waals surface area contributed by atoms with Crippen LogP contribution in [-0.2, 0) is 60.0 Å². The molecule has 40 nitrogen and oxygen atoms in total. The summed E-state index contributed by atoms with van der Waals surface area (Å²) in [5.41, 5.74) is -22.3. The van der Waals surface area contributed by atoms with Crippen molar-refractivity contribution in [3.63, 3.8) is 0 Å². The van der Waals surface area contributed by atoms with Crippen molar-refractivity contribution in [3.05, 3.63) is 0 Å². The van der Waals surface area contributed by atoms with Gasteiger partial charge >= 0.3 is 93.9 Å². The molecular formula is C15H40N4O36P10. The van der Waals surface area contributed by atoms with Crippen molar-refractivity contribution in [1.82, 2.24) is 19.6 Å². The van der Waals surface area contributed by atoms with Gasteiger partial charge in [-0.3, -0.25) is 74.7 Å². The lowest BCUT2D eigenvalue weighted by Crippen LogP contribution is -2.65. The van der Waals surface area contributed by atoms with Crippen molar-refractivity contribution < 1.29 is 173 Å². The molecule has 0 heterocycles. The lowest BCUT2D eigenvalue weighted by molar-refractivity contribution is -0.152. The Bertz CT molecular complexity index is 2020. The number of hydrogen-bond donors (Lipinski definition) is 23. The van der Waals surface area contributed by atoms with Crippen LogP contribution in [0.25, 0.3) is 0 Å². The van der Waals surface area contributed by atoms with Gasteiger partial charge in [-0.25, -0.2) is 4.90 Å². The number of carboxylic acids is 3. The zero-order valence-corrected chi connectivity index (χ0v) is 39.9. The standard InChI is InChI=1S/C15H40N4O36P10/c20-7(21)4-17(5-8(22)23)9(10(24)25)6(19(14(62(44,45)46)63(47,48)49)15(64(50,51)52)65(53,54)55)3-16(11(56(26,27)28)57(29,30)31)1-2-18(12(58(32,33)34)59(35,36)37)13(60(38,39)40)61(41,42)43/h6,9,11-15H,1-5H2,(H,20,21)(H,22,23)(H,24,25)(H2,26,27,28)(H2,29,30,31)(H2,32,33,34)(H2,35,36,37)(H2,38,39,40)(H2,41,42,43)(H2,44,45,46)(H2,47,48,49)(H2,50,51,52)(H2,53,54,55). The van der Waals surface area contributed by atoms with Crippen molar-refractivity contribution in [1.29, 1.82) is 0 Å². The molecule has 0 aliphatic rings. The van der Waals surface area contributed by atoms with Gasteiger partial charge in [0.25, 0.3) is 0 Å². The van der Waals surface area contributed by atoms with Crippen molar-refractivity contribution >= 4 is 93.9 Å². The first-order valence-electron chi connectivity index (χ1n) is 15.3. The van der Waals surface area contributed by atoms with Crippen molar-refractivity contribution in [2.45, 2.75) is 39.7 Å². The molecule has 2 unspecified atom stereocenters. The fourth-order valence-electron chi connectivity index (χ4n) is 5.99. The highest BCUT2D eigenvalue weighted by atomic mass is 31.3. The molecule has 0 bridgehead atoms. The molecule has 0 saturated heterocycles. The highest BCUT2D eigenvalue weighted by Gasteiger charge is 2.64. The Balaban J connectivity index is 9.73. The van der Waals surface area contributed by atoms with E-state index in [4.69, 9.17) is 0 Å². The minimum Gasteiger partial charge on any atom is -0.480 e. The highest BCUT2D eigenvalue weighted by Crippen LogP contribution is 2.71. The van der Waals surface area contributed by atoms with Crippen LogP contribution in [0.15, 0.2) is 0 Å². The Labute approximate surface area is 358 Å². The Morgan fingerprint density at radius 1 is 0.354 bits per heavy atom. The van der Waals surface area contributed by atoms with E-state index in [-0.39, 0.29) is 0 Å². The van der Waals surface area contributed by atoms with Gasteiger partial charge in [0.05, 0.1) is 19.1 Å². The third kappa shape index (κ3) is 19.1. The molecule has 0 aliphatic heterocycles. The molecule has 0 amide bonds. The van der Waals surface area contributed by atoms with Crippen molar-refractivity contribution in [3.8, 4) is 0 Å². The first-order chi connectivity index (χ1) is 28.1. The molecule has 50 heteroatoms. The van der Waals surface area contributed by atoms with Crippen LogP contribution >= 0.6 is 76.0 Å². The summed E-state index contributed by atoms with van der Waals surface area (Å²) in [6.07, 6.45) is 0. The van der Waals surface area contributed by atoms with Gasteiger partial charge in [0.2, 0.25) is 27.6 Å². The Kier molecular flexibility index (Phi) is 21.9. The first kappa shape index (κ1) is 64.8. The molecule has 0 aliphatic carbocycles. The topological polar surface area (TPSA) is 700 Å². The molecule has 0 aromatic rings. The minimum absolute atomic E-state index is 0.610. The molecule has 0 radical (unpaired) electrons. The average molecular weight is 1160 g/mol. The van der Waals surface area contributed by atoms with Gasteiger partial charge in [-0.15, -0.1) is 0 Å². The molecule has 0 aromatic heterocycles. The van der Waals surface area contributed by atoms with Gasteiger partial charge in [-0.05, 0) is 0 Å². The van der Waals surface area contributed by atoms with Crippen LogP contribution in [-0.4, -0.2) is 223 Å². The van der Waals surface area contributed by atoms with Crippen LogP contribution in [0.2, 0.25) is 0 Å². The van der Waals surface area contributed by atoms with Crippen LogP contribution in [0.4, 0.5) is 0 Å². The molecule has 0 fully saturated rings. The number of hydrogen-bond acceptors (Lipinski definition) is 17. The minimum atomic E-state index is -7.27. The van der Waals surface area contributed by atoms with E-state index in [1.807, 2.05) is 0 Å². The summed E-state index contributed by atoms with van der Waals surface area (Å²) in [4.78, 5) is 232. The Hall–Kier alpha value is -0.250. The quantitative estimate of drug-likeness (QED) is 0.0324. The molecule has 65 heavy (non-hydrogen) atoms. The van der Waals surface area contributed by atoms with Crippen molar-refractivity contribution in [2.75, 3.05) is 32.7 Å². The second kappa shape index (κ2) is 22.0. The zero-order valence-electron chi connectivity index (χ0n) is 30.9. The van der Waals surface area contributed by atoms with E-state index in [0.717, 1.165) is 0 Å². The van der Waals surface area contributed by atoms with Crippen LogP contribution in [0.1, 0.15) is 0 Å². The third-order valence-corrected chi connectivity index (χ3v) is 25.5. The third-order valence-electron chi connectivity index (χ3n) is 7.60. The molecule has 0 spiro atoms. The summed E-state index contributed by atoms with van der Waals surface area (Å²) in [5, 5.41) is 29.3. The predicted octanol–water partition coefficient (Wildman–Crippen LogP) is -6.62. The van der Waals surface area contributed by atoms with E-state index in [1.165, 1.54) is 0 Å². The fraction of sp³-hybridized carbons (Fsp3) is 0.800. The summed E-state index contributed by atoms with van der Waals surface area (Å²) >= 11 is 0. The van der Waals surface area contributed by atoms with Crippen LogP contribution in [0, 0.1) is 0 Å². The molecule has 0 saturated carbocycles. The summed E-state index contributed by atoms with van der Waals surface area (Å²) in [7, 11) is -70.8. The summed E-state index contributed by atoms with van der Waals surface area (Å²) in [5.74, 6) is -7.89. The van der Waals surface area contributed by atoms with Crippen LogP contribution in [0.3, 0.4) is 0 Å². The van der Waals surface area contributed by atoms with Gasteiger partial charge in [0.1, 0.15) is 6.04 Å². The summed E-state index contributed by atoms with van der Waals surface area (Å²) in [6, 6.07) is -8.00. The molecule has 0 rings (SSSR count). The van der Waals surface area contributed by atoms with Gasteiger partial charge in [0, 0.05) is 19.6 Å². The molecule has 386 valence electrons. The van der Waals surface area contributed by atoms with Gasteiger partial charge in [-0.2, -0.15) is 0 Å². The van der Waals surface area contributed by atoms with E-state index < -0.39 is 186 Å². The summed E-state index contributed by atoms with van der Waals surface area (Å²) in [6.45, 7) is -12.3. The molecule has 2 atom stereocenters. The fourth-order valence-corrected chi connectivity index (χ4v) is 21.1. The maximum absolute atomic E-state index is 13.0. The van der Waals surface area contributed by atoms with Gasteiger partial charge in [0.15, 0.2) is 0 Å². The first-order valence-corrected chi connectivity index (χ1v) is 32.1. The van der Waals surface area contributed by atoms with Gasteiger partial charge < -0.3 is 113 Å². The lowest BCUT2D eigenvalue weighted by Gasteiger charge is -2.48. The number of rotatable bonds is 28. The molecule has 23 N–H and O–H groups in total.